The molecule has 0 saturated carbocycles. The molecule has 2 aromatic carbocycles. The lowest BCUT2D eigenvalue weighted by molar-refractivity contribution is 1.27. The van der Waals surface area contributed by atoms with Crippen LogP contribution in [0.25, 0.3) is 0 Å². The van der Waals surface area contributed by atoms with Crippen LogP contribution in [0.1, 0.15) is 33.5 Å². The van der Waals surface area contributed by atoms with E-state index in [1.54, 1.807) is 6.20 Å². The van der Waals surface area contributed by atoms with Gasteiger partial charge in [-0.3, -0.25) is 0 Å². The second kappa shape index (κ2) is 7.32. The molecule has 0 aliphatic carbocycles. The molecule has 0 aliphatic rings. The van der Waals surface area contributed by atoms with Crippen molar-refractivity contribution in [2.45, 2.75) is 13.8 Å². The van der Waals surface area contributed by atoms with Crippen LogP contribution in [0, 0.1) is 37.5 Å². The maximum absolute atomic E-state index is 4.36. The highest BCUT2D eigenvalue weighted by Crippen LogP contribution is 2.04. The van der Waals surface area contributed by atoms with E-state index >= 15 is 0 Å². The van der Waals surface area contributed by atoms with Crippen molar-refractivity contribution in [1.29, 1.82) is 0 Å². The van der Waals surface area contributed by atoms with Gasteiger partial charge in [0.15, 0.2) is 0 Å². The van der Waals surface area contributed by atoms with E-state index in [1.165, 1.54) is 11.1 Å². The van der Waals surface area contributed by atoms with Crippen LogP contribution in [0.3, 0.4) is 0 Å². The van der Waals surface area contributed by atoms with E-state index in [0.717, 1.165) is 22.4 Å². The third-order valence-electron chi connectivity index (χ3n) is 3.55. The SMILES string of the molecule is Cc1ccc(C#Cc2ccc(C#Cc3ccc(C)cc3)nc2)cc1. The summed E-state index contributed by atoms with van der Waals surface area (Å²) in [7, 11) is 0. The van der Waals surface area contributed by atoms with E-state index < -0.39 is 0 Å². The molecule has 0 aliphatic heterocycles. The Balaban J connectivity index is 1.72. The first-order valence-electron chi connectivity index (χ1n) is 7.82. The highest BCUT2D eigenvalue weighted by atomic mass is 14.7. The van der Waals surface area contributed by atoms with Gasteiger partial charge in [0.1, 0.15) is 5.69 Å². The molecule has 0 radical (unpaired) electrons. The lowest BCUT2D eigenvalue weighted by atomic mass is 10.1. The topological polar surface area (TPSA) is 12.9 Å². The Hall–Kier alpha value is -3.29. The van der Waals surface area contributed by atoms with Crippen molar-refractivity contribution in [1.82, 2.24) is 4.98 Å². The van der Waals surface area contributed by atoms with E-state index in [-0.39, 0.29) is 0 Å². The van der Waals surface area contributed by atoms with Crippen molar-refractivity contribution >= 4 is 0 Å². The van der Waals surface area contributed by atoms with Crippen LogP contribution in [0.5, 0.6) is 0 Å². The molecule has 3 aromatic rings. The Bertz CT molecular complexity index is 857. The highest BCUT2D eigenvalue weighted by molar-refractivity contribution is 5.45. The average molecular weight is 307 g/mol. The summed E-state index contributed by atoms with van der Waals surface area (Å²) in [5.41, 5.74) is 6.09. The van der Waals surface area contributed by atoms with E-state index in [9.17, 15) is 0 Å². The number of aromatic nitrogens is 1. The molecule has 0 amide bonds. The third kappa shape index (κ3) is 4.35. The van der Waals surface area contributed by atoms with Crippen molar-refractivity contribution in [2.24, 2.45) is 0 Å². The van der Waals surface area contributed by atoms with E-state index in [2.05, 4.69) is 66.8 Å². The number of nitrogens with zero attached hydrogens (tertiary/aromatic N) is 1. The fourth-order valence-electron chi connectivity index (χ4n) is 2.10. The normalized spacial score (nSPS) is 9.42. The largest absolute Gasteiger partial charge is 0.246 e. The lowest BCUT2D eigenvalue weighted by Gasteiger charge is -1.94. The molecule has 0 saturated heterocycles. The predicted molar refractivity (Wildman–Crippen MR) is 98.6 cm³/mol. The standard InChI is InChI=1S/C23H17N/c1-18-3-7-20(8-4-18)11-12-22-14-16-23(24-17-22)15-13-21-9-5-19(2)6-10-21/h3-10,14,16-17H,1-2H3. The number of aryl methyl sites for hydroxylation is 2. The van der Waals surface area contributed by atoms with Gasteiger partial charge in [-0.25, -0.2) is 4.98 Å². The van der Waals surface area contributed by atoms with Crippen LogP contribution in [-0.4, -0.2) is 4.98 Å². The number of hydrogen-bond donors (Lipinski definition) is 0. The van der Waals surface area contributed by atoms with Gasteiger partial charge in [-0.05, 0) is 56.2 Å². The molecule has 0 bridgehead atoms. The quantitative estimate of drug-likeness (QED) is 0.557. The zero-order valence-electron chi connectivity index (χ0n) is 13.8. The Labute approximate surface area is 143 Å². The number of hydrogen-bond acceptors (Lipinski definition) is 1. The van der Waals surface area contributed by atoms with Crippen molar-refractivity contribution in [2.75, 3.05) is 0 Å². The van der Waals surface area contributed by atoms with Crippen LogP contribution >= 0.6 is 0 Å². The predicted octanol–water partition coefficient (Wildman–Crippen LogP) is 4.50. The molecule has 1 heterocycles. The van der Waals surface area contributed by atoms with Gasteiger partial charge in [-0.1, -0.05) is 53.2 Å². The fraction of sp³-hybridized carbons (Fsp3) is 0.0870. The Morgan fingerprint density at radius 3 is 1.50 bits per heavy atom. The van der Waals surface area contributed by atoms with Crippen molar-refractivity contribution < 1.29 is 0 Å². The summed E-state index contributed by atoms with van der Waals surface area (Å²) >= 11 is 0. The van der Waals surface area contributed by atoms with Crippen molar-refractivity contribution in [3.05, 3.63) is 100 Å². The van der Waals surface area contributed by atoms with Crippen molar-refractivity contribution in [3.63, 3.8) is 0 Å². The van der Waals surface area contributed by atoms with E-state index in [4.69, 9.17) is 0 Å². The summed E-state index contributed by atoms with van der Waals surface area (Å²) in [6.07, 6.45) is 1.76. The van der Waals surface area contributed by atoms with Crippen LogP contribution in [0.2, 0.25) is 0 Å². The van der Waals surface area contributed by atoms with Gasteiger partial charge in [-0.15, -0.1) is 0 Å². The molecule has 1 heteroatoms. The first kappa shape index (κ1) is 15.6. The summed E-state index contributed by atoms with van der Waals surface area (Å²) in [5.74, 6) is 12.5. The van der Waals surface area contributed by atoms with Gasteiger partial charge in [0, 0.05) is 22.9 Å². The minimum absolute atomic E-state index is 0.747. The number of benzene rings is 2. The summed E-state index contributed by atoms with van der Waals surface area (Å²) in [4.78, 5) is 4.36. The van der Waals surface area contributed by atoms with Crippen LogP contribution < -0.4 is 0 Å². The molecule has 0 fully saturated rings. The zero-order chi connectivity index (χ0) is 16.8. The molecule has 0 spiro atoms. The lowest BCUT2D eigenvalue weighted by Crippen LogP contribution is -1.84. The van der Waals surface area contributed by atoms with Crippen LogP contribution in [0.15, 0.2) is 66.9 Å². The Kier molecular flexibility index (Phi) is 4.76. The van der Waals surface area contributed by atoms with Gasteiger partial charge in [0.25, 0.3) is 0 Å². The van der Waals surface area contributed by atoms with E-state index in [0.29, 0.717) is 0 Å². The summed E-state index contributed by atoms with van der Waals surface area (Å²) in [6, 6.07) is 20.2. The van der Waals surface area contributed by atoms with E-state index in [1.807, 2.05) is 36.4 Å². The molecular weight excluding hydrogens is 290 g/mol. The first-order valence-corrected chi connectivity index (χ1v) is 7.82. The minimum Gasteiger partial charge on any atom is -0.246 e. The maximum atomic E-state index is 4.36. The third-order valence-corrected chi connectivity index (χ3v) is 3.55. The smallest absolute Gasteiger partial charge is 0.113 e. The summed E-state index contributed by atoms with van der Waals surface area (Å²) < 4.78 is 0. The van der Waals surface area contributed by atoms with Gasteiger partial charge >= 0.3 is 0 Å². The Morgan fingerprint density at radius 2 is 1.00 bits per heavy atom. The molecule has 1 aromatic heterocycles. The van der Waals surface area contributed by atoms with Gasteiger partial charge in [-0.2, -0.15) is 0 Å². The van der Waals surface area contributed by atoms with Crippen molar-refractivity contribution in [3.8, 4) is 23.7 Å². The fourth-order valence-corrected chi connectivity index (χ4v) is 2.10. The molecule has 0 atom stereocenters. The molecule has 3 rings (SSSR count). The Morgan fingerprint density at radius 1 is 0.542 bits per heavy atom. The minimum atomic E-state index is 0.747. The highest BCUT2D eigenvalue weighted by Gasteiger charge is 1.92. The number of rotatable bonds is 0. The second-order valence-electron chi connectivity index (χ2n) is 5.66. The monoisotopic (exact) mass is 307 g/mol. The maximum Gasteiger partial charge on any atom is 0.113 e. The molecule has 0 N–H and O–H groups in total. The van der Waals surface area contributed by atoms with Gasteiger partial charge in [0.2, 0.25) is 0 Å². The zero-order valence-corrected chi connectivity index (χ0v) is 13.8. The van der Waals surface area contributed by atoms with Gasteiger partial charge < -0.3 is 0 Å². The van der Waals surface area contributed by atoms with Gasteiger partial charge in [0.05, 0.1) is 0 Å². The average Bonchev–Trinajstić information content (AvgIpc) is 2.62. The summed E-state index contributed by atoms with van der Waals surface area (Å²) in [6.45, 7) is 4.13. The molecule has 114 valence electrons. The molecule has 0 unspecified atom stereocenters. The molecule has 24 heavy (non-hydrogen) atoms. The van der Waals surface area contributed by atoms with Crippen LogP contribution in [-0.2, 0) is 0 Å². The second-order valence-corrected chi connectivity index (χ2v) is 5.66. The number of pyridine rings is 1. The first-order chi connectivity index (χ1) is 11.7. The molecule has 1 nitrogen and oxygen atoms in total. The molecular formula is C23H17N. The summed E-state index contributed by atoms with van der Waals surface area (Å²) in [5, 5.41) is 0. The van der Waals surface area contributed by atoms with Crippen LogP contribution in [0.4, 0.5) is 0 Å².